The van der Waals surface area contributed by atoms with Gasteiger partial charge in [-0.2, -0.15) is 0 Å². The molecule has 0 aliphatic heterocycles. The van der Waals surface area contributed by atoms with E-state index in [9.17, 15) is 0 Å². The fourth-order valence-electron chi connectivity index (χ4n) is 0. The summed E-state index contributed by atoms with van der Waals surface area (Å²) in [5.41, 5.74) is 0. The van der Waals surface area contributed by atoms with Crippen LogP contribution in [0.25, 0.3) is 0 Å². The van der Waals surface area contributed by atoms with Crippen molar-refractivity contribution in [1.29, 1.82) is 0 Å². The Morgan fingerprint density at radius 2 is 0.533 bits per heavy atom. The second-order valence-corrected chi connectivity index (χ2v) is 0.447. The van der Waals surface area contributed by atoms with E-state index in [0.29, 0.717) is 0 Å². The molecule has 15 heteroatoms. The third-order valence-electron chi connectivity index (χ3n) is 0. The summed E-state index contributed by atoms with van der Waals surface area (Å²) in [6.07, 6.45) is 0. The molecule has 0 amide bonds. The molecular weight excluding hydrogens is 276 g/mol. The molecule has 15 heavy (non-hydrogen) atoms. The second kappa shape index (κ2) is 79.0. The van der Waals surface area contributed by atoms with Crippen LogP contribution in [-0.2, 0) is 17.1 Å². The molecule has 0 bridgehead atoms. The number of hydrogen-bond acceptors (Lipinski definition) is 6. The number of rotatable bonds is 0. The van der Waals surface area contributed by atoms with E-state index in [4.69, 9.17) is 30.6 Å². The Morgan fingerprint density at radius 1 is 0.533 bits per heavy atom. The van der Waals surface area contributed by atoms with Gasteiger partial charge < -0.3 is 63.5 Å². The number of hydrogen-bond donors (Lipinski definition) is 0. The van der Waals surface area contributed by atoms with Crippen molar-refractivity contribution in [2.45, 2.75) is 0 Å². The van der Waals surface area contributed by atoms with Crippen LogP contribution in [0.1, 0.15) is 0 Å². The van der Waals surface area contributed by atoms with Crippen LogP contribution in [0.3, 0.4) is 0 Å². The second-order valence-electron chi connectivity index (χ2n) is 0.447. The first-order valence-corrected chi connectivity index (χ1v) is 1.10. The topological polar surface area (TPSA) is 321 Å². The Morgan fingerprint density at radius 3 is 0.533 bits per heavy atom. The summed E-state index contributed by atoms with van der Waals surface area (Å²) < 4.78 is 0. The fraction of sp³-hybridized carbons (Fsp3) is 0. The van der Waals surface area contributed by atoms with E-state index in [0.717, 1.165) is 0 Å². The molecule has 0 radical (unpaired) electrons. The summed E-state index contributed by atoms with van der Waals surface area (Å²) in [7, 11) is 0. The van der Waals surface area contributed by atoms with E-state index in [2.05, 4.69) is 0 Å². The molecule has 0 unspecified atom stereocenters. The molecule has 0 atom stereocenters. The molecule has 0 saturated carbocycles. The number of nitrogens with zero attached hydrogens (tertiary/aromatic N) is 2. The quantitative estimate of drug-likeness (QED) is 0.237. The van der Waals surface area contributed by atoms with Crippen LogP contribution in [0, 0.1) is 30.6 Å². The van der Waals surface area contributed by atoms with Crippen molar-refractivity contribution in [3.05, 3.63) is 30.6 Å². The minimum absolute atomic E-state index is 0. The summed E-state index contributed by atoms with van der Waals surface area (Å²) >= 11 is 0. The van der Waals surface area contributed by atoms with Crippen LogP contribution < -0.4 is 0 Å². The van der Waals surface area contributed by atoms with Gasteiger partial charge in [0.2, 0.25) is 0 Å². The third-order valence-corrected chi connectivity index (χ3v) is 0. The Hall–Kier alpha value is -1.32. The van der Waals surface area contributed by atoms with Crippen LogP contribution in [-0.4, -0.2) is 43.0 Å². The van der Waals surface area contributed by atoms with Crippen molar-refractivity contribution in [2.75, 3.05) is 0 Å². The molecule has 0 saturated heterocycles. The van der Waals surface area contributed by atoms with Gasteiger partial charge in [0.25, 0.3) is 0 Å². The molecule has 0 fully saturated rings. The average Bonchev–Trinajstić information content (AvgIpc) is 1.25. The van der Waals surface area contributed by atoms with Crippen molar-refractivity contribution in [3.63, 3.8) is 0 Å². The van der Waals surface area contributed by atoms with Gasteiger partial charge in [0, 0.05) is 0 Å². The molecule has 12 N–H and O–H groups in total. The predicted octanol–water partition coefficient (Wildman–Crippen LogP) is -5.43. The maximum atomic E-state index is 8.25. The van der Waals surface area contributed by atoms with Crippen LogP contribution >= 0.6 is 0 Å². The normalized spacial score (nSPS) is 3.20. The SMILES string of the molecule is O.O.O.O.O.O.O=[N+]([O-])[O-].O=[N+]([O-])[O-].[Fe+2]. The van der Waals surface area contributed by atoms with Gasteiger partial charge in [0.05, 0.1) is 10.2 Å². The molecule has 14 nitrogen and oxygen atoms in total. The first-order valence-electron chi connectivity index (χ1n) is 1.10. The molecule has 0 aromatic carbocycles. The molecular formula is H12FeN2O12. The van der Waals surface area contributed by atoms with E-state index in [1.165, 1.54) is 0 Å². The zero-order valence-corrected chi connectivity index (χ0v) is 7.80. The third kappa shape index (κ3) is 829. The van der Waals surface area contributed by atoms with Gasteiger partial charge in [-0.25, -0.2) is 0 Å². The summed E-state index contributed by atoms with van der Waals surface area (Å²) in [5, 5.41) is 29.5. The fourth-order valence-corrected chi connectivity index (χ4v) is 0. The van der Waals surface area contributed by atoms with Gasteiger partial charge in [-0.05, 0) is 0 Å². The first kappa shape index (κ1) is 100. The Balaban J connectivity index is -0.00000000468. The van der Waals surface area contributed by atoms with E-state index in [1.807, 2.05) is 0 Å². The summed E-state index contributed by atoms with van der Waals surface area (Å²) in [6.45, 7) is 0. The van der Waals surface area contributed by atoms with Crippen LogP contribution in [0.2, 0.25) is 0 Å². The monoisotopic (exact) mass is 288 g/mol. The molecule has 0 aromatic heterocycles. The standard InChI is InChI=1S/Fe.2NO3.6H2O/c;2*2-1(3)4;;;;;;/h;;;6*1H2/q+2;2*-1;;;;;;. The molecule has 0 spiro atoms. The Kier molecular flexibility index (Phi) is 529. The average molecular weight is 288 g/mol. The zero-order valence-electron chi connectivity index (χ0n) is 6.70. The van der Waals surface area contributed by atoms with Crippen molar-refractivity contribution >= 4 is 0 Å². The van der Waals surface area contributed by atoms with Gasteiger partial charge in [-0.3, -0.25) is 0 Å². The molecule has 0 heterocycles. The summed E-state index contributed by atoms with van der Waals surface area (Å²) in [6, 6.07) is 0. The van der Waals surface area contributed by atoms with Gasteiger partial charge >= 0.3 is 17.1 Å². The van der Waals surface area contributed by atoms with Crippen molar-refractivity contribution in [1.82, 2.24) is 0 Å². The molecule has 0 rings (SSSR count). The maximum Gasteiger partial charge on any atom is 2.00 e. The van der Waals surface area contributed by atoms with Gasteiger partial charge in [0.15, 0.2) is 0 Å². The van der Waals surface area contributed by atoms with E-state index in [1.54, 1.807) is 0 Å². The Bertz CT molecular complexity index is 71.6. The minimum atomic E-state index is -1.75. The van der Waals surface area contributed by atoms with Crippen molar-refractivity contribution < 1.29 is 60.1 Å². The minimum Gasteiger partial charge on any atom is -0.412 e. The van der Waals surface area contributed by atoms with Crippen molar-refractivity contribution in [3.8, 4) is 0 Å². The zero-order chi connectivity index (χ0) is 7.15. The largest absolute Gasteiger partial charge is 2.00 e. The molecule has 102 valence electrons. The van der Waals surface area contributed by atoms with Crippen molar-refractivity contribution in [2.24, 2.45) is 0 Å². The molecule has 0 aliphatic carbocycles. The summed E-state index contributed by atoms with van der Waals surface area (Å²) in [5.74, 6) is 0. The van der Waals surface area contributed by atoms with Gasteiger partial charge in [-0.1, -0.05) is 0 Å². The van der Waals surface area contributed by atoms with E-state index < -0.39 is 10.2 Å². The molecule has 0 aliphatic rings. The van der Waals surface area contributed by atoms with Gasteiger partial charge in [-0.15, -0.1) is 0 Å². The first-order chi connectivity index (χ1) is 3.46. The maximum absolute atomic E-state index is 8.25. The smallest absolute Gasteiger partial charge is 0.412 e. The van der Waals surface area contributed by atoms with Crippen LogP contribution in [0.15, 0.2) is 0 Å². The van der Waals surface area contributed by atoms with Crippen LogP contribution in [0.4, 0.5) is 0 Å². The predicted molar refractivity (Wildman–Crippen MR) is 42.4 cm³/mol. The molecule has 0 aromatic rings. The van der Waals surface area contributed by atoms with Crippen LogP contribution in [0.5, 0.6) is 0 Å². The van der Waals surface area contributed by atoms with Gasteiger partial charge in [0.1, 0.15) is 0 Å². The Labute approximate surface area is 91.7 Å². The van der Waals surface area contributed by atoms with E-state index >= 15 is 0 Å². The summed E-state index contributed by atoms with van der Waals surface area (Å²) in [4.78, 5) is 16.5. The van der Waals surface area contributed by atoms with E-state index in [-0.39, 0.29) is 49.9 Å².